The normalized spacial score (nSPS) is 10.6. The van der Waals surface area contributed by atoms with Gasteiger partial charge >= 0.3 is 5.97 Å². The van der Waals surface area contributed by atoms with E-state index >= 15 is 0 Å². The molecule has 0 spiro atoms. The van der Waals surface area contributed by atoms with E-state index < -0.39 is 4.92 Å². The van der Waals surface area contributed by atoms with E-state index in [1.807, 2.05) is 10.8 Å². The van der Waals surface area contributed by atoms with E-state index in [9.17, 15) is 14.9 Å². The molecular formula is C13H14N2O4. The molecule has 0 bridgehead atoms. The van der Waals surface area contributed by atoms with Gasteiger partial charge in [-0.25, -0.2) is 0 Å². The Balaban J connectivity index is 2.17. The Kier molecular flexibility index (Phi) is 3.79. The van der Waals surface area contributed by atoms with Crippen LogP contribution in [0.25, 0.3) is 10.9 Å². The lowest BCUT2D eigenvalue weighted by Crippen LogP contribution is -2.08. The minimum Gasteiger partial charge on any atom is -0.466 e. The van der Waals surface area contributed by atoms with Crippen LogP contribution >= 0.6 is 0 Å². The number of hydrogen-bond donors (Lipinski definition) is 0. The molecule has 0 saturated carbocycles. The maximum absolute atomic E-state index is 11.3. The summed E-state index contributed by atoms with van der Waals surface area (Å²) in [7, 11) is 0. The van der Waals surface area contributed by atoms with E-state index in [-0.39, 0.29) is 18.1 Å². The van der Waals surface area contributed by atoms with Gasteiger partial charge in [0.2, 0.25) is 0 Å². The summed E-state index contributed by atoms with van der Waals surface area (Å²) in [6.45, 7) is 2.64. The van der Waals surface area contributed by atoms with Gasteiger partial charge in [-0.05, 0) is 19.1 Å². The summed E-state index contributed by atoms with van der Waals surface area (Å²) >= 11 is 0. The Morgan fingerprint density at radius 2 is 2.21 bits per heavy atom. The predicted molar refractivity (Wildman–Crippen MR) is 69.8 cm³/mol. The van der Waals surface area contributed by atoms with Crippen molar-refractivity contribution in [2.45, 2.75) is 19.9 Å². The highest BCUT2D eigenvalue weighted by Gasteiger charge is 2.09. The van der Waals surface area contributed by atoms with Gasteiger partial charge in [-0.3, -0.25) is 14.9 Å². The quantitative estimate of drug-likeness (QED) is 0.471. The molecule has 0 atom stereocenters. The summed E-state index contributed by atoms with van der Waals surface area (Å²) in [6, 6.07) is 6.48. The largest absolute Gasteiger partial charge is 0.466 e. The molecule has 0 aliphatic heterocycles. The zero-order valence-corrected chi connectivity index (χ0v) is 10.5. The van der Waals surface area contributed by atoms with Crippen LogP contribution in [-0.4, -0.2) is 22.1 Å². The van der Waals surface area contributed by atoms with Gasteiger partial charge in [-0.15, -0.1) is 0 Å². The highest BCUT2D eigenvalue weighted by Crippen LogP contribution is 2.22. The molecule has 0 aliphatic carbocycles. The van der Waals surface area contributed by atoms with E-state index in [2.05, 4.69) is 0 Å². The second-order valence-electron chi connectivity index (χ2n) is 4.06. The van der Waals surface area contributed by atoms with Crippen LogP contribution in [0.2, 0.25) is 0 Å². The zero-order valence-electron chi connectivity index (χ0n) is 10.5. The first-order valence-corrected chi connectivity index (χ1v) is 6.00. The van der Waals surface area contributed by atoms with Crippen LogP contribution in [0.3, 0.4) is 0 Å². The van der Waals surface area contributed by atoms with Crippen molar-refractivity contribution >= 4 is 22.6 Å². The molecular weight excluding hydrogens is 248 g/mol. The molecule has 0 amide bonds. The molecule has 19 heavy (non-hydrogen) atoms. The molecule has 1 heterocycles. The topological polar surface area (TPSA) is 74.4 Å². The average Bonchev–Trinajstić information content (AvgIpc) is 2.79. The maximum Gasteiger partial charge on any atom is 0.307 e. The lowest BCUT2D eigenvalue weighted by molar-refractivity contribution is -0.384. The number of fused-ring (bicyclic) bond motifs is 1. The predicted octanol–water partition coefficient (Wildman–Crippen LogP) is 2.50. The standard InChI is InChI=1S/C13H14N2O4/c1-2-19-13(16)6-8-14-7-5-10-9-11(15(17)18)3-4-12(10)14/h3-5,7,9H,2,6,8H2,1H3. The van der Waals surface area contributed by atoms with Gasteiger partial charge in [0.1, 0.15) is 0 Å². The SMILES string of the molecule is CCOC(=O)CCn1ccc2cc([N+](=O)[O-])ccc21. The number of rotatable bonds is 5. The third-order valence-electron chi connectivity index (χ3n) is 2.83. The summed E-state index contributed by atoms with van der Waals surface area (Å²) in [4.78, 5) is 21.5. The van der Waals surface area contributed by atoms with Crippen molar-refractivity contribution in [3.63, 3.8) is 0 Å². The number of aryl methyl sites for hydroxylation is 1. The van der Waals surface area contributed by atoms with E-state index in [4.69, 9.17) is 4.74 Å². The van der Waals surface area contributed by atoms with Crippen molar-refractivity contribution in [2.24, 2.45) is 0 Å². The second-order valence-corrected chi connectivity index (χ2v) is 4.06. The number of hydrogen-bond acceptors (Lipinski definition) is 4. The molecule has 6 nitrogen and oxygen atoms in total. The third-order valence-corrected chi connectivity index (χ3v) is 2.83. The van der Waals surface area contributed by atoms with Crippen molar-refractivity contribution in [3.8, 4) is 0 Å². The number of nitro groups is 1. The number of ether oxygens (including phenoxy) is 1. The first-order valence-electron chi connectivity index (χ1n) is 6.00. The number of benzene rings is 1. The fraction of sp³-hybridized carbons (Fsp3) is 0.308. The van der Waals surface area contributed by atoms with Crippen LogP contribution in [0.5, 0.6) is 0 Å². The Hall–Kier alpha value is -2.37. The highest BCUT2D eigenvalue weighted by atomic mass is 16.6. The Bertz CT molecular complexity index is 618. The summed E-state index contributed by atoms with van der Waals surface area (Å²) in [6.07, 6.45) is 2.10. The lowest BCUT2D eigenvalue weighted by atomic mass is 10.2. The van der Waals surface area contributed by atoms with Gasteiger partial charge in [0.15, 0.2) is 0 Å². The van der Waals surface area contributed by atoms with Crippen molar-refractivity contribution in [1.29, 1.82) is 0 Å². The number of carbonyl (C=O) groups is 1. The number of esters is 1. The van der Waals surface area contributed by atoms with Crippen LogP contribution < -0.4 is 0 Å². The number of nitro benzene ring substituents is 1. The monoisotopic (exact) mass is 262 g/mol. The fourth-order valence-electron chi connectivity index (χ4n) is 1.94. The van der Waals surface area contributed by atoms with E-state index in [1.165, 1.54) is 12.1 Å². The minimum absolute atomic E-state index is 0.0654. The van der Waals surface area contributed by atoms with Crippen LogP contribution in [0.1, 0.15) is 13.3 Å². The summed E-state index contributed by atoms with van der Waals surface area (Å²) in [5, 5.41) is 11.5. The molecule has 2 aromatic rings. The average molecular weight is 262 g/mol. The second kappa shape index (κ2) is 5.51. The summed E-state index contributed by atoms with van der Waals surface area (Å²) in [5.74, 6) is -0.244. The minimum atomic E-state index is -0.421. The van der Waals surface area contributed by atoms with Crippen LogP contribution in [0.4, 0.5) is 5.69 Å². The van der Waals surface area contributed by atoms with E-state index in [0.29, 0.717) is 13.2 Å². The van der Waals surface area contributed by atoms with Crippen LogP contribution in [-0.2, 0) is 16.1 Å². The molecule has 6 heteroatoms. The summed E-state index contributed by atoms with van der Waals surface area (Å²) < 4.78 is 6.75. The molecule has 0 saturated heterocycles. The molecule has 2 rings (SSSR count). The van der Waals surface area contributed by atoms with Gasteiger partial charge < -0.3 is 9.30 Å². The lowest BCUT2D eigenvalue weighted by Gasteiger charge is -2.05. The number of nitrogens with zero attached hydrogens (tertiary/aromatic N) is 2. The Labute approximate surface area is 109 Å². The van der Waals surface area contributed by atoms with Crippen LogP contribution in [0.15, 0.2) is 30.5 Å². The first-order chi connectivity index (χ1) is 9.11. The zero-order chi connectivity index (χ0) is 13.8. The van der Waals surface area contributed by atoms with Gasteiger partial charge in [0.05, 0.1) is 18.0 Å². The molecule has 1 aromatic carbocycles. The van der Waals surface area contributed by atoms with Gasteiger partial charge in [0, 0.05) is 35.8 Å². The van der Waals surface area contributed by atoms with Crippen molar-refractivity contribution in [2.75, 3.05) is 6.61 Å². The molecule has 0 unspecified atom stereocenters. The number of non-ortho nitro benzene ring substituents is 1. The van der Waals surface area contributed by atoms with Crippen molar-refractivity contribution < 1.29 is 14.5 Å². The first kappa shape index (κ1) is 13.1. The Morgan fingerprint density at radius 3 is 2.89 bits per heavy atom. The highest BCUT2D eigenvalue weighted by molar-refractivity contribution is 5.82. The van der Waals surface area contributed by atoms with Crippen molar-refractivity contribution in [3.05, 3.63) is 40.6 Å². The molecule has 0 N–H and O–H groups in total. The van der Waals surface area contributed by atoms with E-state index in [1.54, 1.807) is 19.1 Å². The van der Waals surface area contributed by atoms with Gasteiger partial charge in [0.25, 0.3) is 5.69 Å². The molecule has 0 fully saturated rings. The molecule has 100 valence electrons. The van der Waals surface area contributed by atoms with Gasteiger partial charge in [-0.1, -0.05) is 0 Å². The number of carbonyl (C=O) groups excluding carboxylic acids is 1. The van der Waals surface area contributed by atoms with E-state index in [0.717, 1.165) is 10.9 Å². The van der Waals surface area contributed by atoms with Gasteiger partial charge in [-0.2, -0.15) is 0 Å². The fourth-order valence-corrected chi connectivity index (χ4v) is 1.94. The van der Waals surface area contributed by atoms with Crippen LogP contribution in [0, 0.1) is 10.1 Å². The summed E-state index contributed by atoms with van der Waals surface area (Å²) in [5.41, 5.74) is 0.936. The molecule has 1 aromatic heterocycles. The molecule has 0 aliphatic rings. The smallest absolute Gasteiger partial charge is 0.307 e. The third kappa shape index (κ3) is 2.90. The Morgan fingerprint density at radius 1 is 1.42 bits per heavy atom. The maximum atomic E-state index is 11.3. The van der Waals surface area contributed by atoms with Crippen molar-refractivity contribution in [1.82, 2.24) is 4.57 Å². The number of aromatic nitrogens is 1. The molecule has 0 radical (unpaired) electrons.